The third-order valence-corrected chi connectivity index (χ3v) is 7.24. The summed E-state index contributed by atoms with van der Waals surface area (Å²) in [6.45, 7) is 13.1. The third kappa shape index (κ3) is 6.30. The van der Waals surface area contributed by atoms with Gasteiger partial charge in [0.1, 0.15) is 0 Å². The third-order valence-electron chi connectivity index (χ3n) is 7.24. The zero-order chi connectivity index (χ0) is 22.3. The summed E-state index contributed by atoms with van der Waals surface area (Å²) < 4.78 is 0. The molecule has 4 rings (SSSR count). The Hall–Kier alpha value is -1.96. The zero-order valence-electron chi connectivity index (χ0n) is 19.7. The van der Waals surface area contributed by atoms with E-state index < -0.39 is 0 Å². The molecule has 0 N–H and O–H groups in total. The van der Waals surface area contributed by atoms with Gasteiger partial charge < -0.3 is 9.80 Å². The average Bonchev–Trinajstić information content (AvgIpc) is 3.26. The van der Waals surface area contributed by atoms with E-state index >= 15 is 0 Å². The largest absolute Gasteiger partial charge is 0.342 e. The lowest BCUT2D eigenvalue weighted by Gasteiger charge is -2.36. The molecule has 0 bridgehead atoms. The molecule has 3 saturated heterocycles. The van der Waals surface area contributed by atoms with Gasteiger partial charge >= 0.3 is 0 Å². The molecule has 0 aromatic heterocycles. The maximum absolute atomic E-state index is 12.9. The number of piperazine rings is 1. The predicted molar refractivity (Wildman–Crippen MR) is 126 cm³/mol. The molecular weight excluding hydrogens is 402 g/mol. The van der Waals surface area contributed by atoms with Crippen LogP contribution in [-0.4, -0.2) is 115 Å². The Morgan fingerprint density at radius 2 is 1.19 bits per heavy atom. The lowest BCUT2D eigenvalue weighted by molar-refractivity contribution is -0.134. The van der Waals surface area contributed by atoms with Gasteiger partial charge in [0.2, 0.25) is 11.8 Å². The SMILES string of the molecule is Cc1ccccc1CN1CCN(C(=O)CN2CCCN(CC(=O)N3CCCC3)CC2)CC1. The normalized spacial score (nSPS) is 21.7. The molecule has 2 amide bonds. The number of likely N-dealkylation sites (tertiary alicyclic amines) is 1. The summed E-state index contributed by atoms with van der Waals surface area (Å²) in [5.74, 6) is 0.526. The minimum absolute atomic E-state index is 0.252. The van der Waals surface area contributed by atoms with E-state index in [2.05, 4.69) is 45.9 Å². The van der Waals surface area contributed by atoms with E-state index in [1.807, 2.05) is 9.80 Å². The molecule has 0 radical (unpaired) electrons. The fourth-order valence-electron chi connectivity index (χ4n) is 5.07. The van der Waals surface area contributed by atoms with Gasteiger partial charge in [-0.15, -0.1) is 0 Å². The highest BCUT2D eigenvalue weighted by Crippen LogP contribution is 2.13. The lowest BCUT2D eigenvalue weighted by Crippen LogP contribution is -2.51. The van der Waals surface area contributed by atoms with Crippen LogP contribution >= 0.6 is 0 Å². The molecule has 0 unspecified atom stereocenters. The van der Waals surface area contributed by atoms with Crippen LogP contribution in [0.1, 0.15) is 30.4 Å². The molecule has 0 spiro atoms. The van der Waals surface area contributed by atoms with Crippen molar-refractivity contribution >= 4 is 11.8 Å². The summed E-state index contributed by atoms with van der Waals surface area (Å²) in [6, 6.07) is 8.56. The maximum Gasteiger partial charge on any atom is 0.236 e. The van der Waals surface area contributed by atoms with Gasteiger partial charge in [-0.1, -0.05) is 24.3 Å². The summed E-state index contributed by atoms with van der Waals surface area (Å²) in [5.41, 5.74) is 2.72. The number of hydrogen-bond acceptors (Lipinski definition) is 5. The van der Waals surface area contributed by atoms with Gasteiger partial charge in [0.25, 0.3) is 0 Å². The van der Waals surface area contributed by atoms with E-state index in [-0.39, 0.29) is 11.8 Å². The number of carbonyl (C=O) groups excluding carboxylic acids is 2. The number of amides is 2. The van der Waals surface area contributed by atoms with Crippen molar-refractivity contribution in [1.29, 1.82) is 0 Å². The monoisotopic (exact) mass is 441 g/mol. The Balaban J connectivity index is 1.17. The first-order valence-electron chi connectivity index (χ1n) is 12.4. The van der Waals surface area contributed by atoms with Crippen LogP contribution in [0.3, 0.4) is 0 Å². The molecule has 32 heavy (non-hydrogen) atoms. The second-order valence-corrected chi connectivity index (χ2v) is 9.58. The topological polar surface area (TPSA) is 50.3 Å². The van der Waals surface area contributed by atoms with Gasteiger partial charge in [0.15, 0.2) is 0 Å². The van der Waals surface area contributed by atoms with Crippen molar-refractivity contribution in [2.24, 2.45) is 0 Å². The Morgan fingerprint density at radius 3 is 1.78 bits per heavy atom. The lowest BCUT2D eigenvalue weighted by atomic mass is 10.1. The van der Waals surface area contributed by atoms with Gasteiger partial charge in [0, 0.05) is 58.9 Å². The first-order valence-corrected chi connectivity index (χ1v) is 12.4. The second kappa shape index (κ2) is 11.3. The minimum Gasteiger partial charge on any atom is -0.342 e. The molecule has 176 valence electrons. The number of carbonyl (C=O) groups is 2. The molecule has 0 saturated carbocycles. The van der Waals surface area contributed by atoms with Crippen LogP contribution in [0.2, 0.25) is 0 Å². The van der Waals surface area contributed by atoms with Gasteiger partial charge in [-0.3, -0.25) is 24.3 Å². The van der Waals surface area contributed by atoms with Crippen molar-refractivity contribution in [3.05, 3.63) is 35.4 Å². The van der Waals surface area contributed by atoms with Crippen molar-refractivity contribution < 1.29 is 9.59 Å². The number of benzene rings is 1. The highest BCUT2D eigenvalue weighted by molar-refractivity contribution is 5.79. The van der Waals surface area contributed by atoms with Crippen molar-refractivity contribution in [1.82, 2.24) is 24.5 Å². The Labute approximate surface area is 192 Å². The Bertz CT molecular complexity index is 771. The van der Waals surface area contributed by atoms with Crippen LogP contribution in [0, 0.1) is 6.92 Å². The molecule has 1 aromatic carbocycles. The smallest absolute Gasteiger partial charge is 0.236 e. The molecule has 1 aromatic rings. The van der Waals surface area contributed by atoms with Crippen LogP contribution in [-0.2, 0) is 16.1 Å². The Morgan fingerprint density at radius 1 is 0.656 bits per heavy atom. The highest BCUT2D eigenvalue weighted by Gasteiger charge is 2.25. The van der Waals surface area contributed by atoms with E-state index in [4.69, 9.17) is 0 Å². The molecule has 3 aliphatic rings. The number of hydrogen-bond donors (Lipinski definition) is 0. The molecule has 3 aliphatic heterocycles. The van der Waals surface area contributed by atoms with E-state index in [9.17, 15) is 9.59 Å². The van der Waals surface area contributed by atoms with Crippen LogP contribution in [0.4, 0.5) is 0 Å². The number of aryl methyl sites for hydroxylation is 1. The summed E-state index contributed by atoms with van der Waals surface area (Å²) in [7, 11) is 0. The van der Waals surface area contributed by atoms with E-state index in [0.29, 0.717) is 13.1 Å². The van der Waals surface area contributed by atoms with E-state index in [0.717, 1.165) is 91.3 Å². The summed E-state index contributed by atoms with van der Waals surface area (Å²) in [5, 5.41) is 0. The van der Waals surface area contributed by atoms with Gasteiger partial charge in [0.05, 0.1) is 13.1 Å². The molecule has 0 aliphatic carbocycles. The second-order valence-electron chi connectivity index (χ2n) is 9.58. The molecule has 7 heteroatoms. The van der Waals surface area contributed by atoms with Crippen molar-refractivity contribution in [3.8, 4) is 0 Å². The van der Waals surface area contributed by atoms with Crippen molar-refractivity contribution in [2.45, 2.75) is 32.7 Å². The summed E-state index contributed by atoms with van der Waals surface area (Å²) >= 11 is 0. The fraction of sp³-hybridized carbons (Fsp3) is 0.680. The molecule has 3 fully saturated rings. The number of rotatable bonds is 6. The van der Waals surface area contributed by atoms with Crippen molar-refractivity contribution in [3.63, 3.8) is 0 Å². The summed E-state index contributed by atoms with van der Waals surface area (Å²) in [4.78, 5) is 36.4. The van der Waals surface area contributed by atoms with Crippen LogP contribution in [0.15, 0.2) is 24.3 Å². The van der Waals surface area contributed by atoms with Gasteiger partial charge in [-0.25, -0.2) is 0 Å². The van der Waals surface area contributed by atoms with E-state index in [1.54, 1.807) is 0 Å². The van der Waals surface area contributed by atoms with Crippen molar-refractivity contribution in [2.75, 3.05) is 78.5 Å². The summed E-state index contributed by atoms with van der Waals surface area (Å²) in [6.07, 6.45) is 3.30. The van der Waals surface area contributed by atoms with Crippen LogP contribution in [0.5, 0.6) is 0 Å². The highest BCUT2D eigenvalue weighted by atomic mass is 16.2. The standard InChI is InChI=1S/C25H39N5O2/c1-22-7-2-3-8-23(22)19-28-15-17-30(18-16-28)25(32)21-27-10-6-9-26(13-14-27)20-24(31)29-11-4-5-12-29/h2-3,7-8H,4-6,9-21H2,1H3. The number of nitrogens with zero attached hydrogens (tertiary/aromatic N) is 5. The van der Waals surface area contributed by atoms with Crippen LogP contribution in [0.25, 0.3) is 0 Å². The predicted octanol–water partition coefficient (Wildman–Crippen LogP) is 1.27. The minimum atomic E-state index is 0.252. The van der Waals surface area contributed by atoms with Crippen LogP contribution < -0.4 is 0 Å². The zero-order valence-corrected chi connectivity index (χ0v) is 19.7. The molecule has 3 heterocycles. The molecule has 7 nitrogen and oxygen atoms in total. The quantitative estimate of drug-likeness (QED) is 0.666. The van der Waals surface area contributed by atoms with Gasteiger partial charge in [-0.2, -0.15) is 0 Å². The first kappa shape index (κ1) is 23.2. The fourth-order valence-corrected chi connectivity index (χ4v) is 5.07. The molecule has 0 atom stereocenters. The average molecular weight is 442 g/mol. The van der Waals surface area contributed by atoms with E-state index in [1.165, 1.54) is 11.1 Å². The molecular formula is C25H39N5O2. The van der Waals surface area contributed by atoms with Gasteiger partial charge in [-0.05, 0) is 50.4 Å². The maximum atomic E-state index is 12.9. The first-order chi connectivity index (χ1) is 15.6. The Kier molecular flexibility index (Phi) is 8.16.